The second-order valence-corrected chi connectivity index (χ2v) is 8.40. The van der Waals surface area contributed by atoms with Gasteiger partial charge in [-0.05, 0) is 37.5 Å². The first kappa shape index (κ1) is 18.6. The molecule has 1 aliphatic rings. The zero-order valence-electron chi connectivity index (χ0n) is 13.5. The third-order valence-corrected chi connectivity index (χ3v) is 6.95. The lowest BCUT2D eigenvalue weighted by Gasteiger charge is -2.41. The van der Waals surface area contributed by atoms with Crippen LogP contribution in [-0.4, -0.2) is 31.9 Å². The minimum absolute atomic E-state index is 0.0239. The molecule has 0 aliphatic carbocycles. The number of nitrogens with zero attached hydrogens (tertiary/aromatic N) is 1. The van der Waals surface area contributed by atoms with Crippen molar-refractivity contribution in [1.82, 2.24) is 0 Å². The normalized spacial score (nSPS) is 27.6. The quantitative estimate of drug-likeness (QED) is 0.783. The summed E-state index contributed by atoms with van der Waals surface area (Å²) in [5.74, 6) is -0.956. The number of aliphatic imine (C=N–C) groups is 1. The third kappa shape index (κ3) is 2.75. The van der Waals surface area contributed by atoms with Crippen LogP contribution in [0.5, 0.6) is 0 Å². The van der Waals surface area contributed by atoms with Crippen molar-refractivity contribution in [1.29, 1.82) is 0 Å². The van der Waals surface area contributed by atoms with E-state index in [0.717, 1.165) is 12.3 Å². The van der Waals surface area contributed by atoms with E-state index in [1.165, 1.54) is 12.1 Å². The summed E-state index contributed by atoms with van der Waals surface area (Å²) in [6.45, 7) is 0.602. The lowest BCUT2D eigenvalue weighted by Crippen LogP contribution is -2.55. The highest BCUT2D eigenvalue weighted by Gasteiger charge is 2.51. The molecular formula is C15H20F2N3O3S-. The Balaban J connectivity index is 2.64. The van der Waals surface area contributed by atoms with Gasteiger partial charge in [0.1, 0.15) is 28.6 Å². The molecule has 0 amide bonds. The van der Waals surface area contributed by atoms with Crippen LogP contribution in [0.25, 0.3) is 0 Å². The monoisotopic (exact) mass is 360 g/mol. The number of nitrogens with one attached hydrogen (secondary N) is 1. The molecule has 2 rings (SSSR count). The highest BCUT2D eigenvalue weighted by molar-refractivity contribution is 7.92. The molecule has 0 saturated carbocycles. The zero-order valence-corrected chi connectivity index (χ0v) is 14.3. The van der Waals surface area contributed by atoms with Crippen LogP contribution >= 0.6 is 0 Å². The van der Waals surface area contributed by atoms with Gasteiger partial charge in [0.25, 0.3) is 0 Å². The molecule has 0 aromatic heterocycles. The molecule has 9 heteroatoms. The van der Waals surface area contributed by atoms with Crippen LogP contribution in [0.2, 0.25) is 0 Å². The van der Waals surface area contributed by atoms with Gasteiger partial charge in [0.15, 0.2) is 9.84 Å². The highest BCUT2D eigenvalue weighted by atomic mass is 32.2. The number of alkyl halides is 1. The average Bonchev–Trinajstić information content (AvgIpc) is 2.54. The van der Waals surface area contributed by atoms with Gasteiger partial charge in [-0.15, -0.1) is 0 Å². The summed E-state index contributed by atoms with van der Waals surface area (Å²) in [5.41, 5.74) is 5.85. The first-order chi connectivity index (χ1) is 11.2. The predicted octanol–water partition coefficient (Wildman–Crippen LogP) is 2.24. The first-order valence-corrected chi connectivity index (χ1v) is 9.34. The van der Waals surface area contributed by atoms with Crippen molar-refractivity contribution in [3.05, 3.63) is 34.8 Å². The minimum Gasteiger partial charge on any atom is -0.761 e. The molecule has 1 unspecified atom stereocenters. The largest absolute Gasteiger partial charge is 0.761 e. The fourth-order valence-corrected chi connectivity index (χ4v) is 4.65. The van der Waals surface area contributed by atoms with Crippen molar-refractivity contribution in [3.8, 4) is 0 Å². The van der Waals surface area contributed by atoms with Crippen molar-refractivity contribution in [3.63, 3.8) is 0 Å². The number of halogens is 2. The number of benzene rings is 1. The van der Waals surface area contributed by atoms with E-state index in [2.05, 4.69) is 4.99 Å². The van der Waals surface area contributed by atoms with Gasteiger partial charge in [0, 0.05) is 17.5 Å². The van der Waals surface area contributed by atoms with E-state index in [0.29, 0.717) is 0 Å². The summed E-state index contributed by atoms with van der Waals surface area (Å²) in [6, 6.07) is 3.44. The van der Waals surface area contributed by atoms with Crippen LogP contribution in [0.4, 0.5) is 14.5 Å². The number of anilines is 1. The number of amidine groups is 1. The van der Waals surface area contributed by atoms with Gasteiger partial charge in [0.2, 0.25) is 0 Å². The fraction of sp³-hybridized carbons (Fsp3) is 0.533. The number of nitrogens with two attached hydrogens (primary N) is 1. The molecule has 0 bridgehead atoms. The van der Waals surface area contributed by atoms with Crippen LogP contribution in [-0.2, 0) is 15.4 Å². The predicted molar refractivity (Wildman–Crippen MR) is 89.8 cm³/mol. The molecule has 3 N–H and O–H groups in total. The summed E-state index contributed by atoms with van der Waals surface area (Å²) in [4.78, 5) is 4.10. The minimum atomic E-state index is -3.58. The Hall–Kier alpha value is -1.74. The van der Waals surface area contributed by atoms with Crippen molar-refractivity contribution >= 4 is 21.4 Å². The Kier molecular flexibility index (Phi) is 4.87. The number of sulfone groups is 1. The van der Waals surface area contributed by atoms with Crippen LogP contribution in [0.15, 0.2) is 23.2 Å². The maximum absolute atomic E-state index is 14.2. The number of hydrogen-bond donors (Lipinski definition) is 2. The Morgan fingerprint density at radius 1 is 1.42 bits per heavy atom. The molecule has 0 radical (unpaired) electrons. The topological polar surface area (TPSA) is 108 Å². The fourth-order valence-electron chi connectivity index (χ4n) is 3.23. The lowest BCUT2D eigenvalue weighted by molar-refractivity contribution is 0.262. The summed E-state index contributed by atoms with van der Waals surface area (Å²) in [7, 11) is -3.58. The summed E-state index contributed by atoms with van der Waals surface area (Å²) >= 11 is 0. The molecule has 0 fully saturated rings. The van der Waals surface area contributed by atoms with E-state index in [1.54, 1.807) is 12.4 Å². The highest BCUT2D eigenvalue weighted by Crippen LogP contribution is 2.43. The molecule has 1 heterocycles. The van der Waals surface area contributed by atoms with E-state index < -0.39 is 32.6 Å². The molecular weight excluding hydrogens is 340 g/mol. The number of hydrogen-bond acceptors (Lipinski definition) is 6. The molecule has 134 valence electrons. The van der Waals surface area contributed by atoms with Gasteiger partial charge < -0.3 is 16.4 Å². The number of rotatable bonds is 5. The Morgan fingerprint density at radius 3 is 2.54 bits per heavy atom. The van der Waals surface area contributed by atoms with Crippen LogP contribution in [0.1, 0.15) is 31.7 Å². The summed E-state index contributed by atoms with van der Waals surface area (Å²) in [5, 5.41) is 10.8. The van der Waals surface area contributed by atoms with E-state index in [9.17, 15) is 22.4 Å². The van der Waals surface area contributed by atoms with Crippen molar-refractivity contribution in [2.24, 2.45) is 10.7 Å². The van der Waals surface area contributed by atoms with Crippen molar-refractivity contribution < 1.29 is 17.2 Å². The molecule has 0 spiro atoms. The van der Waals surface area contributed by atoms with Crippen LogP contribution < -0.4 is 11.2 Å². The third-order valence-electron chi connectivity index (χ3n) is 4.83. The second kappa shape index (κ2) is 6.29. The summed E-state index contributed by atoms with van der Waals surface area (Å²) in [6.07, 6.45) is 1.23. The Labute approximate surface area is 139 Å². The lowest BCUT2D eigenvalue weighted by atomic mass is 9.79. The first-order valence-electron chi connectivity index (χ1n) is 7.45. The van der Waals surface area contributed by atoms with E-state index in [-0.39, 0.29) is 36.3 Å². The van der Waals surface area contributed by atoms with Gasteiger partial charge in [-0.3, -0.25) is 4.99 Å². The summed E-state index contributed by atoms with van der Waals surface area (Å²) < 4.78 is 51.1. The van der Waals surface area contributed by atoms with E-state index in [4.69, 9.17) is 5.73 Å². The van der Waals surface area contributed by atoms with E-state index >= 15 is 0 Å². The van der Waals surface area contributed by atoms with Crippen molar-refractivity contribution in [2.75, 3.05) is 18.4 Å². The Bertz CT molecular complexity index is 769. The molecule has 24 heavy (non-hydrogen) atoms. The average molecular weight is 360 g/mol. The van der Waals surface area contributed by atoms with Gasteiger partial charge in [-0.25, -0.2) is 17.2 Å². The SMILES string of the molecule is CCC1(S(C)(=O)=O)CC[C@@](CF)(c2cc(N[O-])ccc2F)N=C1N. The van der Waals surface area contributed by atoms with E-state index in [1.807, 2.05) is 0 Å². The smallest absolute Gasteiger partial charge is 0.160 e. The molecule has 1 aliphatic heterocycles. The Morgan fingerprint density at radius 2 is 2.08 bits per heavy atom. The molecule has 0 saturated heterocycles. The maximum atomic E-state index is 14.2. The second-order valence-electron chi connectivity index (χ2n) is 6.08. The van der Waals surface area contributed by atoms with Crippen LogP contribution in [0, 0.1) is 11.0 Å². The van der Waals surface area contributed by atoms with Gasteiger partial charge in [-0.1, -0.05) is 6.92 Å². The standard InChI is InChI=1S/C15H20F2N3O3S/c1-3-15(24(2,22)23)7-6-14(9-16,19-13(15)18)11-8-10(20-21)4-5-12(11)17/h4-5,8,20H,3,6-7,9H2,1-2H3,(H2,18,19)/q-1/t14-,15?/m1/s1. The molecule has 1 aromatic rings. The van der Waals surface area contributed by atoms with Gasteiger partial charge >= 0.3 is 0 Å². The van der Waals surface area contributed by atoms with Crippen LogP contribution in [0.3, 0.4) is 0 Å². The molecule has 2 atom stereocenters. The molecule has 6 nitrogen and oxygen atoms in total. The van der Waals surface area contributed by atoms with Gasteiger partial charge in [-0.2, -0.15) is 0 Å². The molecule has 1 aromatic carbocycles. The van der Waals surface area contributed by atoms with Gasteiger partial charge in [0.05, 0.1) is 0 Å². The van der Waals surface area contributed by atoms with Crippen molar-refractivity contribution in [2.45, 2.75) is 36.5 Å². The zero-order chi connectivity index (χ0) is 18.2. The maximum Gasteiger partial charge on any atom is 0.160 e.